The van der Waals surface area contributed by atoms with Crippen molar-refractivity contribution in [1.29, 1.82) is 0 Å². The van der Waals surface area contributed by atoms with Crippen LogP contribution in [0.15, 0.2) is 12.1 Å². The van der Waals surface area contributed by atoms with Crippen molar-refractivity contribution in [1.82, 2.24) is 0 Å². The van der Waals surface area contributed by atoms with Crippen LogP contribution in [0.2, 0.25) is 15.1 Å². The first kappa shape index (κ1) is 12.9. The molecule has 6 heteroatoms. The fraction of sp³-hybridized carbons (Fsp3) is 0.333. The highest BCUT2D eigenvalue weighted by Gasteiger charge is 2.09. The van der Waals surface area contributed by atoms with Crippen LogP contribution in [-0.2, 0) is 0 Å². The van der Waals surface area contributed by atoms with Gasteiger partial charge in [-0.15, -0.1) is 0 Å². The van der Waals surface area contributed by atoms with Gasteiger partial charge in [-0.2, -0.15) is 0 Å². The monoisotopic (exact) mass is 269 g/mol. The summed E-state index contributed by atoms with van der Waals surface area (Å²) in [4.78, 5) is 0. The van der Waals surface area contributed by atoms with Gasteiger partial charge in [0, 0.05) is 11.6 Å². The first-order valence-electron chi connectivity index (χ1n) is 4.22. The van der Waals surface area contributed by atoms with Gasteiger partial charge in [0.2, 0.25) is 0 Å². The van der Waals surface area contributed by atoms with Gasteiger partial charge in [-0.1, -0.05) is 34.8 Å². The average Bonchev–Trinajstić information content (AvgIpc) is 2.15. The third kappa shape index (κ3) is 3.70. The van der Waals surface area contributed by atoms with Crippen LogP contribution >= 0.6 is 34.8 Å². The van der Waals surface area contributed by atoms with Crippen LogP contribution in [-0.4, -0.2) is 29.5 Å². The molecule has 0 spiro atoms. The molecular formula is C9H10Cl3NO2. The summed E-state index contributed by atoms with van der Waals surface area (Å²) in [5, 5.41) is 21.8. The summed E-state index contributed by atoms with van der Waals surface area (Å²) >= 11 is 17.5. The molecule has 1 aromatic rings. The second kappa shape index (κ2) is 5.77. The zero-order valence-electron chi connectivity index (χ0n) is 7.67. The molecule has 0 radical (unpaired) electrons. The van der Waals surface area contributed by atoms with Gasteiger partial charge in [0.05, 0.1) is 28.4 Å². The number of hydrogen-bond donors (Lipinski definition) is 3. The second-order valence-electron chi connectivity index (χ2n) is 2.96. The van der Waals surface area contributed by atoms with Gasteiger partial charge in [0.1, 0.15) is 0 Å². The number of hydrogen-bond acceptors (Lipinski definition) is 3. The molecule has 84 valence electrons. The predicted octanol–water partition coefficient (Wildman–Crippen LogP) is 2.41. The molecule has 1 atom stereocenters. The number of aliphatic hydroxyl groups is 2. The molecule has 0 bridgehead atoms. The van der Waals surface area contributed by atoms with Crippen LogP contribution in [0.1, 0.15) is 0 Å². The van der Waals surface area contributed by atoms with E-state index in [4.69, 9.17) is 45.0 Å². The fourth-order valence-electron chi connectivity index (χ4n) is 0.996. The Morgan fingerprint density at radius 3 is 2.20 bits per heavy atom. The third-order valence-electron chi connectivity index (χ3n) is 1.73. The Morgan fingerprint density at radius 2 is 1.73 bits per heavy atom. The van der Waals surface area contributed by atoms with Crippen LogP contribution in [0.4, 0.5) is 5.69 Å². The summed E-state index contributed by atoms with van der Waals surface area (Å²) in [5.74, 6) is 0. The van der Waals surface area contributed by atoms with E-state index in [0.717, 1.165) is 0 Å². The third-order valence-corrected chi connectivity index (χ3v) is 2.55. The maximum absolute atomic E-state index is 9.13. The number of aliphatic hydroxyl groups excluding tert-OH is 2. The Morgan fingerprint density at radius 1 is 1.20 bits per heavy atom. The standard InChI is InChI=1S/C9H10Cl3NO2/c10-5-1-7(11)9(8(12)2-5)13-3-6(15)4-14/h1-2,6,13-15H,3-4H2. The molecule has 1 unspecified atom stereocenters. The van der Waals surface area contributed by atoms with Crippen molar-refractivity contribution in [2.24, 2.45) is 0 Å². The molecule has 3 N–H and O–H groups in total. The molecule has 0 aliphatic heterocycles. The summed E-state index contributed by atoms with van der Waals surface area (Å²) in [7, 11) is 0. The van der Waals surface area contributed by atoms with E-state index in [1.54, 1.807) is 12.1 Å². The Hall–Kier alpha value is -0.190. The molecule has 1 rings (SSSR count). The van der Waals surface area contributed by atoms with E-state index in [1.807, 2.05) is 0 Å². The summed E-state index contributed by atoms with van der Waals surface area (Å²) < 4.78 is 0. The van der Waals surface area contributed by atoms with Gasteiger partial charge in [0.25, 0.3) is 0 Å². The first-order valence-corrected chi connectivity index (χ1v) is 5.35. The number of benzene rings is 1. The minimum atomic E-state index is -0.854. The van der Waals surface area contributed by atoms with Crippen molar-refractivity contribution < 1.29 is 10.2 Å². The van der Waals surface area contributed by atoms with Crippen LogP contribution in [0, 0.1) is 0 Å². The van der Waals surface area contributed by atoms with Gasteiger partial charge in [-0.3, -0.25) is 0 Å². The van der Waals surface area contributed by atoms with Crippen LogP contribution < -0.4 is 5.32 Å². The molecule has 15 heavy (non-hydrogen) atoms. The van der Waals surface area contributed by atoms with E-state index in [2.05, 4.69) is 5.32 Å². The quantitative estimate of drug-likeness (QED) is 0.787. The van der Waals surface area contributed by atoms with E-state index in [-0.39, 0.29) is 13.2 Å². The van der Waals surface area contributed by atoms with Crippen LogP contribution in [0.25, 0.3) is 0 Å². The smallest absolute Gasteiger partial charge is 0.0942 e. The molecule has 0 heterocycles. The second-order valence-corrected chi connectivity index (χ2v) is 4.21. The molecular weight excluding hydrogens is 260 g/mol. The molecule has 0 aliphatic carbocycles. The van der Waals surface area contributed by atoms with Crippen molar-refractivity contribution in [3.8, 4) is 0 Å². The van der Waals surface area contributed by atoms with E-state index in [0.29, 0.717) is 20.8 Å². The van der Waals surface area contributed by atoms with Crippen molar-refractivity contribution in [2.45, 2.75) is 6.10 Å². The van der Waals surface area contributed by atoms with E-state index in [9.17, 15) is 0 Å². The van der Waals surface area contributed by atoms with Gasteiger partial charge < -0.3 is 15.5 Å². The highest BCUT2D eigenvalue weighted by atomic mass is 35.5. The Bertz CT molecular complexity index is 323. The lowest BCUT2D eigenvalue weighted by atomic mass is 10.3. The topological polar surface area (TPSA) is 52.5 Å². The predicted molar refractivity (Wildman–Crippen MR) is 63.1 cm³/mol. The SMILES string of the molecule is OCC(O)CNc1c(Cl)cc(Cl)cc1Cl. The Kier molecular flexibility index (Phi) is 4.96. The molecule has 1 aromatic carbocycles. The summed E-state index contributed by atoms with van der Waals surface area (Å²) in [6, 6.07) is 3.09. The van der Waals surface area contributed by atoms with E-state index < -0.39 is 6.10 Å². The summed E-state index contributed by atoms with van der Waals surface area (Å²) in [5.41, 5.74) is 0.496. The first-order chi connectivity index (χ1) is 7.04. The lowest BCUT2D eigenvalue weighted by molar-refractivity contribution is 0.105. The van der Waals surface area contributed by atoms with E-state index in [1.165, 1.54) is 0 Å². The van der Waals surface area contributed by atoms with Crippen molar-refractivity contribution in [3.63, 3.8) is 0 Å². The maximum atomic E-state index is 9.13. The number of nitrogens with one attached hydrogen (secondary N) is 1. The lowest BCUT2D eigenvalue weighted by Crippen LogP contribution is -2.23. The number of halogens is 3. The summed E-state index contributed by atoms with van der Waals surface area (Å²) in [6.07, 6.45) is -0.854. The highest BCUT2D eigenvalue weighted by Crippen LogP contribution is 2.33. The van der Waals surface area contributed by atoms with E-state index >= 15 is 0 Å². The van der Waals surface area contributed by atoms with Crippen molar-refractivity contribution in [3.05, 3.63) is 27.2 Å². The average molecular weight is 271 g/mol. The zero-order chi connectivity index (χ0) is 11.4. The van der Waals surface area contributed by atoms with Crippen LogP contribution in [0.5, 0.6) is 0 Å². The Labute approximate surface area is 103 Å². The van der Waals surface area contributed by atoms with Gasteiger partial charge in [-0.05, 0) is 12.1 Å². The number of anilines is 1. The Balaban J connectivity index is 2.77. The molecule has 0 saturated carbocycles. The number of rotatable bonds is 4. The highest BCUT2D eigenvalue weighted by molar-refractivity contribution is 6.41. The van der Waals surface area contributed by atoms with Crippen molar-refractivity contribution in [2.75, 3.05) is 18.5 Å². The molecule has 3 nitrogen and oxygen atoms in total. The van der Waals surface area contributed by atoms with Gasteiger partial charge in [-0.25, -0.2) is 0 Å². The minimum absolute atomic E-state index is 0.164. The molecule has 0 aliphatic rings. The molecule has 0 saturated heterocycles. The van der Waals surface area contributed by atoms with Crippen LogP contribution in [0.3, 0.4) is 0 Å². The van der Waals surface area contributed by atoms with Gasteiger partial charge in [0.15, 0.2) is 0 Å². The summed E-state index contributed by atoms with van der Waals surface area (Å²) in [6.45, 7) is -0.159. The molecule has 0 amide bonds. The van der Waals surface area contributed by atoms with Gasteiger partial charge >= 0.3 is 0 Å². The zero-order valence-corrected chi connectivity index (χ0v) is 9.94. The molecule has 0 aromatic heterocycles. The minimum Gasteiger partial charge on any atom is -0.394 e. The fourth-order valence-corrected chi connectivity index (χ4v) is 1.95. The molecule has 0 fully saturated rings. The maximum Gasteiger partial charge on any atom is 0.0942 e. The largest absolute Gasteiger partial charge is 0.394 e. The normalized spacial score (nSPS) is 12.6. The lowest BCUT2D eigenvalue weighted by Gasteiger charge is -2.13. The van der Waals surface area contributed by atoms with Crippen molar-refractivity contribution >= 4 is 40.5 Å².